The van der Waals surface area contributed by atoms with E-state index >= 15 is 0 Å². The molecule has 2 heteroatoms. The summed E-state index contributed by atoms with van der Waals surface area (Å²) in [5.74, 6) is 2.09. The molecule has 3 unspecified atom stereocenters. The van der Waals surface area contributed by atoms with Crippen LogP contribution in [0.5, 0.6) is 5.75 Å². The zero-order valence-electron chi connectivity index (χ0n) is 10.9. The summed E-state index contributed by atoms with van der Waals surface area (Å²) in [6.45, 7) is 5.25. The van der Waals surface area contributed by atoms with E-state index in [1.165, 1.54) is 18.4 Å². The van der Waals surface area contributed by atoms with E-state index in [-0.39, 0.29) is 6.04 Å². The molecule has 1 aliphatic rings. The lowest BCUT2D eigenvalue weighted by Gasteiger charge is -2.32. The Kier molecular flexibility index (Phi) is 4.06. The van der Waals surface area contributed by atoms with Crippen LogP contribution in [0, 0.1) is 11.8 Å². The van der Waals surface area contributed by atoms with E-state index in [0.717, 1.165) is 18.8 Å². The van der Waals surface area contributed by atoms with Gasteiger partial charge in [0.2, 0.25) is 0 Å². The quantitative estimate of drug-likeness (QED) is 0.867. The number of benzene rings is 1. The predicted molar refractivity (Wildman–Crippen MR) is 71.2 cm³/mol. The highest BCUT2D eigenvalue weighted by atomic mass is 16.5. The van der Waals surface area contributed by atoms with E-state index in [1.54, 1.807) is 0 Å². The Morgan fingerprint density at radius 3 is 2.94 bits per heavy atom. The van der Waals surface area contributed by atoms with Crippen molar-refractivity contribution in [1.29, 1.82) is 0 Å². The van der Waals surface area contributed by atoms with E-state index in [4.69, 9.17) is 10.5 Å². The molecule has 2 N–H and O–H groups in total. The third-order valence-electron chi connectivity index (χ3n) is 3.85. The fourth-order valence-corrected chi connectivity index (χ4v) is 2.71. The summed E-state index contributed by atoms with van der Waals surface area (Å²) in [6.07, 6.45) is 3.48. The maximum atomic E-state index is 6.36. The predicted octanol–water partition coefficient (Wildman–Crippen LogP) is 3.00. The summed E-state index contributed by atoms with van der Waals surface area (Å²) in [7, 11) is 0. The van der Waals surface area contributed by atoms with Gasteiger partial charge in [0.05, 0.1) is 6.61 Å². The maximum Gasteiger partial charge on any atom is 0.122 e. The van der Waals surface area contributed by atoms with Gasteiger partial charge in [0.1, 0.15) is 5.75 Å². The average molecular weight is 233 g/mol. The molecule has 94 valence electrons. The topological polar surface area (TPSA) is 35.2 Å². The van der Waals surface area contributed by atoms with Gasteiger partial charge in [-0.15, -0.1) is 0 Å². The second-order valence-corrected chi connectivity index (χ2v) is 5.23. The zero-order valence-corrected chi connectivity index (χ0v) is 10.9. The first-order chi connectivity index (χ1) is 8.22. The van der Waals surface area contributed by atoms with Gasteiger partial charge in [-0.3, -0.25) is 0 Å². The van der Waals surface area contributed by atoms with Crippen molar-refractivity contribution < 1.29 is 4.74 Å². The molecule has 1 heterocycles. The first kappa shape index (κ1) is 12.4. The Morgan fingerprint density at radius 1 is 1.41 bits per heavy atom. The second-order valence-electron chi connectivity index (χ2n) is 5.23. The van der Waals surface area contributed by atoms with Crippen molar-refractivity contribution in [2.45, 2.75) is 39.2 Å². The van der Waals surface area contributed by atoms with Crippen molar-refractivity contribution in [2.75, 3.05) is 6.61 Å². The van der Waals surface area contributed by atoms with Crippen LogP contribution < -0.4 is 10.5 Å². The summed E-state index contributed by atoms with van der Waals surface area (Å²) in [6, 6.07) is 8.55. The summed E-state index contributed by atoms with van der Waals surface area (Å²) in [5, 5.41) is 0. The van der Waals surface area contributed by atoms with Crippen LogP contribution in [0.25, 0.3) is 0 Å². The van der Waals surface area contributed by atoms with Gasteiger partial charge < -0.3 is 10.5 Å². The van der Waals surface area contributed by atoms with Crippen LogP contribution in [0.15, 0.2) is 24.3 Å². The fraction of sp³-hybridized carbons (Fsp3) is 0.600. The Labute approximate surface area is 104 Å². The molecule has 1 aromatic rings. The van der Waals surface area contributed by atoms with Gasteiger partial charge in [0.25, 0.3) is 0 Å². The molecule has 3 atom stereocenters. The highest BCUT2D eigenvalue weighted by Gasteiger charge is 2.27. The molecule has 1 aromatic carbocycles. The number of fused-ring (bicyclic) bond motifs is 1. The summed E-state index contributed by atoms with van der Waals surface area (Å²) < 4.78 is 5.81. The third-order valence-corrected chi connectivity index (χ3v) is 3.85. The lowest BCUT2D eigenvalue weighted by Crippen LogP contribution is -2.42. The van der Waals surface area contributed by atoms with Crippen molar-refractivity contribution in [3.05, 3.63) is 29.8 Å². The number of hydrogen-bond donors (Lipinski definition) is 1. The van der Waals surface area contributed by atoms with E-state index in [0.29, 0.717) is 11.8 Å². The van der Waals surface area contributed by atoms with Crippen molar-refractivity contribution in [3.8, 4) is 5.75 Å². The number of rotatable bonds is 4. The minimum Gasteiger partial charge on any atom is -0.493 e. The molecule has 0 saturated carbocycles. The molecule has 0 aromatic heterocycles. The molecule has 0 fully saturated rings. The van der Waals surface area contributed by atoms with E-state index in [9.17, 15) is 0 Å². The van der Waals surface area contributed by atoms with Crippen LogP contribution in [0.4, 0.5) is 0 Å². The van der Waals surface area contributed by atoms with Crippen LogP contribution in [0.1, 0.15) is 32.3 Å². The molecular weight excluding hydrogens is 210 g/mol. The Bertz CT molecular complexity index is 364. The first-order valence-corrected chi connectivity index (χ1v) is 6.68. The highest BCUT2D eigenvalue weighted by Crippen LogP contribution is 2.30. The molecule has 1 aliphatic heterocycles. The Morgan fingerprint density at radius 2 is 2.18 bits per heavy atom. The SMILES string of the molecule is CCCC(C)C(N)C1COc2ccccc2C1. The molecule has 0 radical (unpaired) electrons. The lowest BCUT2D eigenvalue weighted by atomic mass is 9.83. The maximum absolute atomic E-state index is 6.36. The molecule has 0 bridgehead atoms. The Balaban J connectivity index is 2.02. The normalized spacial score (nSPS) is 22.4. The van der Waals surface area contributed by atoms with Crippen LogP contribution in [0.3, 0.4) is 0 Å². The van der Waals surface area contributed by atoms with Crippen molar-refractivity contribution in [3.63, 3.8) is 0 Å². The van der Waals surface area contributed by atoms with Gasteiger partial charge in [-0.1, -0.05) is 38.5 Å². The molecule has 0 saturated heterocycles. The number of hydrogen-bond acceptors (Lipinski definition) is 2. The minimum atomic E-state index is 0.253. The van der Waals surface area contributed by atoms with E-state index in [2.05, 4.69) is 26.0 Å². The summed E-state index contributed by atoms with van der Waals surface area (Å²) in [4.78, 5) is 0. The second kappa shape index (κ2) is 5.54. The van der Waals surface area contributed by atoms with Gasteiger partial charge >= 0.3 is 0 Å². The van der Waals surface area contributed by atoms with Crippen molar-refractivity contribution in [2.24, 2.45) is 17.6 Å². The fourth-order valence-electron chi connectivity index (χ4n) is 2.71. The molecule has 17 heavy (non-hydrogen) atoms. The molecule has 0 spiro atoms. The van der Waals surface area contributed by atoms with Gasteiger partial charge in [-0.25, -0.2) is 0 Å². The average Bonchev–Trinajstić information content (AvgIpc) is 2.37. The number of para-hydroxylation sites is 1. The summed E-state index contributed by atoms with van der Waals surface area (Å²) in [5.41, 5.74) is 7.66. The van der Waals surface area contributed by atoms with Crippen molar-refractivity contribution >= 4 is 0 Å². The summed E-state index contributed by atoms with van der Waals surface area (Å²) >= 11 is 0. The van der Waals surface area contributed by atoms with Crippen LogP contribution in [-0.2, 0) is 6.42 Å². The van der Waals surface area contributed by atoms with E-state index < -0.39 is 0 Å². The smallest absolute Gasteiger partial charge is 0.122 e. The van der Waals surface area contributed by atoms with E-state index in [1.807, 2.05) is 12.1 Å². The van der Waals surface area contributed by atoms with Gasteiger partial charge in [-0.05, 0) is 30.4 Å². The first-order valence-electron chi connectivity index (χ1n) is 6.68. The Hall–Kier alpha value is -1.02. The monoisotopic (exact) mass is 233 g/mol. The third kappa shape index (κ3) is 2.81. The number of ether oxygens (including phenoxy) is 1. The molecule has 0 amide bonds. The molecule has 2 nitrogen and oxygen atoms in total. The van der Waals surface area contributed by atoms with Crippen LogP contribution >= 0.6 is 0 Å². The van der Waals surface area contributed by atoms with Crippen LogP contribution in [0.2, 0.25) is 0 Å². The molecule has 0 aliphatic carbocycles. The highest BCUT2D eigenvalue weighted by molar-refractivity contribution is 5.35. The molecular formula is C15H23NO. The van der Waals surface area contributed by atoms with Gasteiger partial charge in [0.15, 0.2) is 0 Å². The zero-order chi connectivity index (χ0) is 12.3. The van der Waals surface area contributed by atoms with Crippen LogP contribution in [-0.4, -0.2) is 12.6 Å². The van der Waals surface area contributed by atoms with Gasteiger partial charge in [0, 0.05) is 12.0 Å². The largest absolute Gasteiger partial charge is 0.493 e. The number of nitrogens with two attached hydrogens (primary N) is 1. The standard InChI is InChI=1S/C15H23NO/c1-3-6-11(2)15(16)13-9-12-7-4-5-8-14(12)17-10-13/h4-5,7-8,11,13,15H,3,6,9-10,16H2,1-2H3. The van der Waals surface area contributed by atoms with Gasteiger partial charge in [-0.2, -0.15) is 0 Å². The minimum absolute atomic E-state index is 0.253. The lowest BCUT2D eigenvalue weighted by molar-refractivity contribution is 0.174. The van der Waals surface area contributed by atoms with Crippen molar-refractivity contribution in [1.82, 2.24) is 0 Å². The molecule has 2 rings (SSSR count).